The summed E-state index contributed by atoms with van der Waals surface area (Å²) in [4.78, 5) is 12.3. The van der Waals surface area contributed by atoms with Gasteiger partial charge in [0.1, 0.15) is 5.82 Å². The highest BCUT2D eigenvalue weighted by Gasteiger charge is 2.12. The van der Waals surface area contributed by atoms with Crippen LogP contribution in [0.5, 0.6) is 0 Å². The number of aryl methyl sites for hydroxylation is 1. The molecule has 0 saturated carbocycles. The zero-order valence-electron chi connectivity index (χ0n) is 9.58. The largest absolute Gasteiger partial charge is 0.343 e. The van der Waals surface area contributed by atoms with Crippen LogP contribution in [0.15, 0.2) is 41.2 Å². The Kier molecular flexibility index (Phi) is 2.38. The molecule has 0 spiro atoms. The number of nitrogens with zero attached hydrogens (tertiary/aromatic N) is 1. The van der Waals surface area contributed by atoms with Crippen LogP contribution >= 0.6 is 11.6 Å². The second-order valence-electron chi connectivity index (χ2n) is 4.18. The molecule has 90 valence electrons. The standard InChI is InChI=1S/C14H9ClFNO/c1-17-11-6-5-8(15)7-9(11)14(18)13-10(16)3-2-4-12(13)17/h2-7H,1H3. The molecule has 2 aromatic carbocycles. The van der Waals surface area contributed by atoms with E-state index in [-0.39, 0.29) is 10.8 Å². The third-order valence-electron chi connectivity index (χ3n) is 3.14. The molecular weight excluding hydrogens is 253 g/mol. The van der Waals surface area contributed by atoms with Crippen molar-refractivity contribution >= 4 is 33.4 Å². The van der Waals surface area contributed by atoms with E-state index in [1.165, 1.54) is 6.07 Å². The van der Waals surface area contributed by atoms with Gasteiger partial charge in [-0.2, -0.15) is 0 Å². The Hall–Kier alpha value is -1.87. The van der Waals surface area contributed by atoms with Gasteiger partial charge in [-0.15, -0.1) is 0 Å². The molecule has 0 atom stereocenters. The number of halogens is 2. The van der Waals surface area contributed by atoms with Crippen molar-refractivity contribution in [3.63, 3.8) is 0 Å². The van der Waals surface area contributed by atoms with Crippen LogP contribution in [0, 0.1) is 5.82 Å². The number of hydrogen-bond acceptors (Lipinski definition) is 1. The van der Waals surface area contributed by atoms with Crippen molar-refractivity contribution in [1.29, 1.82) is 0 Å². The third-order valence-corrected chi connectivity index (χ3v) is 3.38. The summed E-state index contributed by atoms with van der Waals surface area (Å²) >= 11 is 5.89. The molecule has 0 fully saturated rings. The molecule has 4 heteroatoms. The van der Waals surface area contributed by atoms with Gasteiger partial charge >= 0.3 is 0 Å². The molecule has 2 nitrogen and oxygen atoms in total. The second kappa shape index (κ2) is 3.82. The second-order valence-corrected chi connectivity index (χ2v) is 4.62. The summed E-state index contributed by atoms with van der Waals surface area (Å²) in [5.41, 5.74) is 0.996. The van der Waals surface area contributed by atoms with E-state index in [0.29, 0.717) is 15.9 Å². The topological polar surface area (TPSA) is 22.0 Å². The molecule has 18 heavy (non-hydrogen) atoms. The summed E-state index contributed by atoms with van der Waals surface area (Å²) in [5.74, 6) is -0.505. The number of benzene rings is 2. The van der Waals surface area contributed by atoms with Gasteiger partial charge in [-0.3, -0.25) is 4.79 Å². The average molecular weight is 262 g/mol. The van der Waals surface area contributed by atoms with Gasteiger partial charge < -0.3 is 4.57 Å². The minimum atomic E-state index is -0.505. The van der Waals surface area contributed by atoms with Gasteiger partial charge in [0, 0.05) is 17.5 Å². The molecule has 1 aromatic heterocycles. The van der Waals surface area contributed by atoms with Gasteiger partial charge in [0.2, 0.25) is 0 Å². The van der Waals surface area contributed by atoms with Crippen molar-refractivity contribution in [1.82, 2.24) is 4.57 Å². The van der Waals surface area contributed by atoms with Crippen LogP contribution < -0.4 is 5.43 Å². The van der Waals surface area contributed by atoms with Crippen LogP contribution in [0.25, 0.3) is 21.8 Å². The normalized spacial score (nSPS) is 11.3. The van der Waals surface area contributed by atoms with Gasteiger partial charge in [-0.25, -0.2) is 4.39 Å². The molecule has 0 N–H and O–H groups in total. The monoisotopic (exact) mass is 261 g/mol. The molecule has 0 aliphatic heterocycles. The Bertz CT molecular complexity index is 838. The van der Waals surface area contributed by atoms with E-state index in [0.717, 1.165) is 5.52 Å². The van der Waals surface area contributed by atoms with E-state index >= 15 is 0 Å². The fraction of sp³-hybridized carbons (Fsp3) is 0.0714. The first kappa shape index (κ1) is 11.2. The molecule has 0 aliphatic rings. The van der Waals surface area contributed by atoms with Crippen LogP contribution in [-0.4, -0.2) is 4.57 Å². The smallest absolute Gasteiger partial charge is 0.200 e. The van der Waals surface area contributed by atoms with Crippen molar-refractivity contribution in [2.75, 3.05) is 0 Å². The molecule has 3 rings (SSSR count). The predicted molar refractivity (Wildman–Crippen MR) is 71.7 cm³/mol. The Morgan fingerprint density at radius 2 is 1.94 bits per heavy atom. The lowest BCUT2D eigenvalue weighted by Gasteiger charge is -2.10. The Balaban J connectivity index is 2.71. The van der Waals surface area contributed by atoms with Crippen molar-refractivity contribution in [2.45, 2.75) is 0 Å². The third kappa shape index (κ3) is 1.44. The van der Waals surface area contributed by atoms with E-state index in [9.17, 15) is 9.18 Å². The van der Waals surface area contributed by atoms with Crippen LogP contribution in [0.2, 0.25) is 5.02 Å². The Labute approximate surface area is 107 Å². The Morgan fingerprint density at radius 1 is 1.17 bits per heavy atom. The number of rotatable bonds is 0. The van der Waals surface area contributed by atoms with Gasteiger partial charge in [0.05, 0.1) is 16.4 Å². The predicted octanol–water partition coefficient (Wildman–Crippen LogP) is 3.48. The zero-order valence-corrected chi connectivity index (χ0v) is 10.3. The lowest BCUT2D eigenvalue weighted by molar-refractivity contribution is 0.638. The molecule has 0 aliphatic carbocycles. The summed E-state index contributed by atoms with van der Waals surface area (Å²) in [5, 5.41) is 1.01. The highest BCUT2D eigenvalue weighted by molar-refractivity contribution is 6.31. The van der Waals surface area contributed by atoms with Crippen LogP contribution in [0.1, 0.15) is 0 Å². The lowest BCUT2D eigenvalue weighted by Crippen LogP contribution is -2.10. The number of fused-ring (bicyclic) bond motifs is 2. The quantitative estimate of drug-likeness (QED) is 0.568. The van der Waals surface area contributed by atoms with Gasteiger partial charge in [-0.05, 0) is 30.3 Å². The fourth-order valence-electron chi connectivity index (χ4n) is 2.26. The van der Waals surface area contributed by atoms with Crippen molar-refractivity contribution < 1.29 is 4.39 Å². The summed E-state index contributed by atoms with van der Waals surface area (Å²) < 4.78 is 15.6. The van der Waals surface area contributed by atoms with E-state index in [2.05, 4.69) is 0 Å². The summed E-state index contributed by atoms with van der Waals surface area (Å²) in [6.45, 7) is 0. The number of hydrogen-bond donors (Lipinski definition) is 0. The highest BCUT2D eigenvalue weighted by Crippen LogP contribution is 2.22. The van der Waals surface area contributed by atoms with Gasteiger partial charge in [-0.1, -0.05) is 17.7 Å². The maximum atomic E-state index is 13.8. The Morgan fingerprint density at radius 3 is 2.72 bits per heavy atom. The highest BCUT2D eigenvalue weighted by atomic mass is 35.5. The first-order valence-corrected chi connectivity index (χ1v) is 5.84. The molecule has 0 saturated heterocycles. The van der Waals surface area contributed by atoms with E-state index in [1.807, 2.05) is 0 Å². The zero-order chi connectivity index (χ0) is 12.9. The van der Waals surface area contributed by atoms with Crippen LogP contribution in [-0.2, 0) is 7.05 Å². The first-order chi connectivity index (χ1) is 8.59. The number of pyridine rings is 1. The molecule has 0 bridgehead atoms. The van der Waals surface area contributed by atoms with Crippen molar-refractivity contribution in [2.24, 2.45) is 7.05 Å². The molecule has 0 radical (unpaired) electrons. The van der Waals surface area contributed by atoms with E-state index < -0.39 is 5.82 Å². The van der Waals surface area contributed by atoms with Crippen molar-refractivity contribution in [3.05, 3.63) is 57.5 Å². The minimum absolute atomic E-state index is 0.106. The molecule has 3 aromatic rings. The van der Waals surface area contributed by atoms with Crippen LogP contribution in [0.4, 0.5) is 4.39 Å². The fourth-order valence-corrected chi connectivity index (χ4v) is 2.44. The van der Waals surface area contributed by atoms with Crippen molar-refractivity contribution in [3.8, 4) is 0 Å². The average Bonchev–Trinajstić information content (AvgIpc) is 2.35. The molecule has 0 amide bonds. The van der Waals surface area contributed by atoms with Gasteiger partial charge in [0.25, 0.3) is 0 Å². The lowest BCUT2D eigenvalue weighted by atomic mass is 10.1. The summed E-state index contributed by atoms with van der Waals surface area (Å²) in [6, 6.07) is 9.68. The van der Waals surface area contributed by atoms with Crippen LogP contribution in [0.3, 0.4) is 0 Å². The SMILES string of the molecule is Cn1c2ccc(Cl)cc2c(=O)c2c(F)cccc21. The van der Waals surface area contributed by atoms with E-state index in [4.69, 9.17) is 11.6 Å². The molecule has 1 heterocycles. The van der Waals surface area contributed by atoms with Gasteiger partial charge in [0.15, 0.2) is 5.43 Å². The summed E-state index contributed by atoms with van der Waals surface area (Å²) in [7, 11) is 1.80. The maximum Gasteiger partial charge on any atom is 0.200 e. The minimum Gasteiger partial charge on any atom is -0.343 e. The maximum absolute atomic E-state index is 13.8. The molecular formula is C14H9ClFNO. The first-order valence-electron chi connectivity index (χ1n) is 5.46. The molecule has 0 unspecified atom stereocenters. The summed E-state index contributed by atoms with van der Waals surface area (Å²) in [6.07, 6.45) is 0. The van der Waals surface area contributed by atoms with E-state index in [1.54, 1.807) is 41.9 Å². The number of aromatic nitrogens is 1.